The molecule has 12 heteroatoms. The second-order valence-corrected chi connectivity index (χ2v) is 8.60. The topological polar surface area (TPSA) is 87.2 Å². The van der Waals surface area contributed by atoms with Crippen molar-refractivity contribution in [2.45, 2.75) is 29.6 Å². The highest BCUT2D eigenvalue weighted by Crippen LogP contribution is 2.37. The molecule has 8 nitrogen and oxygen atoms in total. The number of ether oxygens (including phenoxy) is 1. The van der Waals surface area contributed by atoms with Crippen molar-refractivity contribution in [2.24, 2.45) is 0 Å². The van der Waals surface area contributed by atoms with Gasteiger partial charge in [-0.3, -0.25) is 9.69 Å². The predicted molar refractivity (Wildman–Crippen MR) is 89.8 cm³/mol. The Kier molecular flexibility index (Phi) is 4.82. The molecule has 0 atom stereocenters. The Morgan fingerprint density at radius 2 is 1.57 bits per heavy atom. The van der Waals surface area contributed by atoms with Gasteiger partial charge in [-0.2, -0.15) is 4.31 Å². The minimum absolute atomic E-state index is 0.000333. The zero-order chi connectivity index (χ0) is 20.9. The van der Waals surface area contributed by atoms with Crippen LogP contribution in [-0.2, 0) is 14.8 Å². The van der Waals surface area contributed by atoms with E-state index in [0.717, 1.165) is 33.5 Å². The van der Waals surface area contributed by atoms with E-state index in [2.05, 4.69) is 4.74 Å². The molecule has 1 aromatic carbocycles. The molecule has 0 unspecified atom stereocenters. The fraction of sp³-hybridized carbons (Fsp3) is 0.500. The molecule has 3 rings (SSSR count). The molecule has 0 N–H and O–H groups in total. The number of benzene rings is 1. The van der Waals surface area contributed by atoms with E-state index in [-0.39, 0.29) is 36.7 Å². The van der Waals surface area contributed by atoms with Crippen LogP contribution in [0.2, 0.25) is 0 Å². The molecular formula is C16H18F3N3O5S. The lowest BCUT2D eigenvalue weighted by atomic mass is 9.87. The number of carbonyl (C=O) groups is 2. The molecule has 1 spiro atoms. The zero-order valence-electron chi connectivity index (χ0n) is 15.1. The minimum Gasteiger partial charge on any atom is -0.406 e. The lowest BCUT2D eigenvalue weighted by Crippen LogP contribution is -2.56. The number of rotatable bonds is 3. The molecule has 0 bridgehead atoms. The number of carbonyl (C=O) groups excluding carboxylic acids is 2. The van der Waals surface area contributed by atoms with Crippen LogP contribution in [0.5, 0.6) is 5.75 Å². The Bertz CT molecular complexity index is 893. The number of amides is 3. The van der Waals surface area contributed by atoms with E-state index in [1.807, 2.05) is 0 Å². The van der Waals surface area contributed by atoms with Crippen LogP contribution in [0, 0.1) is 0 Å². The summed E-state index contributed by atoms with van der Waals surface area (Å²) >= 11 is 0. The molecule has 0 radical (unpaired) electrons. The lowest BCUT2D eigenvalue weighted by molar-refractivity contribution is -0.274. The number of urea groups is 1. The number of sulfonamides is 1. The van der Waals surface area contributed by atoms with Crippen LogP contribution < -0.4 is 4.74 Å². The molecular weight excluding hydrogens is 403 g/mol. The second-order valence-electron chi connectivity index (χ2n) is 6.66. The van der Waals surface area contributed by atoms with Crippen LogP contribution in [0.1, 0.15) is 12.8 Å². The molecule has 2 heterocycles. The normalized spacial score (nSPS) is 20.9. The van der Waals surface area contributed by atoms with Gasteiger partial charge in [0.1, 0.15) is 11.3 Å². The van der Waals surface area contributed by atoms with Crippen LogP contribution in [0.4, 0.5) is 18.0 Å². The van der Waals surface area contributed by atoms with Gasteiger partial charge in [-0.05, 0) is 37.1 Å². The Morgan fingerprint density at radius 1 is 1.04 bits per heavy atom. The fourth-order valence-electron chi connectivity index (χ4n) is 3.56. The van der Waals surface area contributed by atoms with Crippen molar-refractivity contribution in [2.75, 3.05) is 27.2 Å². The van der Waals surface area contributed by atoms with Crippen LogP contribution in [0.3, 0.4) is 0 Å². The molecule has 28 heavy (non-hydrogen) atoms. The number of imide groups is 1. The second kappa shape index (κ2) is 6.62. The summed E-state index contributed by atoms with van der Waals surface area (Å²) in [7, 11) is -1.08. The summed E-state index contributed by atoms with van der Waals surface area (Å²) in [5.41, 5.74) is -1.07. The molecule has 0 aliphatic carbocycles. The number of halogens is 3. The molecule has 2 aliphatic rings. The quantitative estimate of drug-likeness (QED) is 0.693. The summed E-state index contributed by atoms with van der Waals surface area (Å²) in [5.74, 6) is -0.894. The van der Waals surface area contributed by atoms with Gasteiger partial charge in [0, 0.05) is 27.2 Å². The Balaban J connectivity index is 1.75. The molecule has 0 saturated carbocycles. The summed E-state index contributed by atoms with van der Waals surface area (Å²) in [5, 5.41) is 0. The first-order valence-corrected chi connectivity index (χ1v) is 9.74. The van der Waals surface area contributed by atoms with Crippen LogP contribution in [0.15, 0.2) is 29.2 Å². The molecule has 1 aromatic rings. The molecule has 3 amide bonds. The van der Waals surface area contributed by atoms with Crippen molar-refractivity contribution in [3.8, 4) is 5.75 Å². The van der Waals surface area contributed by atoms with Gasteiger partial charge >= 0.3 is 12.4 Å². The number of piperidine rings is 1. The lowest BCUT2D eigenvalue weighted by Gasteiger charge is -2.40. The van der Waals surface area contributed by atoms with E-state index in [1.165, 1.54) is 19.0 Å². The Morgan fingerprint density at radius 3 is 2.00 bits per heavy atom. The van der Waals surface area contributed by atoms with E-state index in [9.17, 15) is 31.2 Å². The summed E-state index contributed by atoms with van der Waals surface area (Å²) in [6.07, 6.45) is -4.61. The first-order chi connectivity index (χ1) is 12.9. The van der Waals surface area contributed by atoms with Crippen molar-refractivity contribution in [3.63, 3.8) is 0 Å². The number of hydrogen-bond donors (Lipinski definition) is 0. The fourth-order valence-corrected chi connectivity index (χ4v) is 5.00. The van der Waals surface area contributed by atoms with Crippen molar-refractivity contribution in [1.82, 2.24) is 14.1 Å². The maximum atomic E-state index is 12.8. The number of likely N-dealkylation sites (N-methyl/N-ethyl adjacent to an activating group) is 2. The van der Waals surface area contributed by atoms with Crippen molar-refractivity contribution >= 4 is 22.0 Å². The van der Waals surface area contributed by atoms with Gasteiger partial charge in [0.05, 0.1) is 4.90 Å². The summed E-state index contributed by atoms with van der Waals surface area (Å²) < 4.78 is 67.1. The predicted octanol–water partition coefficient (Wildman–Crippen LogP) is 1.63. The number of hydrogen-bond acceptors (Lipinski definition) is 5. The summed E-state index contributed by atoms with van der Waals surface area (Å²) in [6.45, 7) is 0.000666. The van der Waals surface area contributed by atoms with Gasteiger partial charge in [0.2, 0.25) is 10.0 Å². The Labute approximate surface area is 159 Å². The number of alkyl halides is 3. The van der Waals surface area contributed by atoms with Crippen LogP contribution >= 0.6 is 0 Å². The van der Waals surface area contributed by atoms with Crippen molar-refractivity contribution in [1.29, 1.82) is 0 Å². The molecule has 2 saturated heterocycles. The zero-order valence-corrected chi connectivity index (χ0v) is 15.9. The van der Waals surface area contributed by atoms with Gasteiger partial charge in [-0.15, -0.1) is 13.2 Å². The van der Waals surface area contributed by atoms with Gasteiger partial charge in [-0.1, -0.05) is 0 Å². The van der Waals surface area contributed by atoms with E-state index in [4.69, 9.17) is 0 Å². The van der Waals surface area contributed by atoms with Gasteiger partial charge < -0.3 is 9.64 Å². The maximum Gasteiger partial charge on any atom is 0.573 e. The first-order valence-electron chi connectivity index (χ1n) is 8.30. The van der Waals surface area contributed by atoms with Crippen molar-refractivity contribution < 1.29 is 35.9 Å². The standard InChI is InChI=1S/C16H18F3N3O5S/c1-20-13(23)15(21(2)14(20)24)7-9-22(10-8-15)28(25,26)12-5-3-11(4-6-12)27-16(17,18)19/h3-6H,7-10H2,1-2H3. The minimum atomic E-state index is -4.87. The van der Waals surface area contributed by atoms with E-state index < -0.39 is 33.7 Å². The average molecular weight is 421 g/mol. The third-order valence-electron chi connectivity index (χ3n) is 5.16. The van der Waals surface area contributed by atoms with E-state index in [0.29, 0.717) is 0 Å². The monoisotopic (exact) mass is 421 g/mol. The van der Waals surface area contributed by atoms with E-state index in [1.54, 1.807) is 0 Å². The highest BCUT2D eigenvalue weighted by atomic mass is 32.2. The average Bonchev–Trinajstić information content (AvgIpc) is 2.78. The van der Waals surface area contributed by atoms with Gasteiger partial charge in [0.25, 0.3) is 5.91 Å². The third kappa shape index (κ3) is 3.30. The Hall–Kier alpha value is -2.34. The van der Waals surface area contributed by atoms with Crippen LogP contribution in [-0.4, -0.2) is 73.5 Å². The van der Waals surface area contributed by atoms with Gasteiger partial charge in [0.15, 0.2) is 0 Å². The third-order valence-corrected chi connectivity index (χ3v) is 7.08. The van der Waals surface area contributed by atoms with Crippen molar-refractivity contribution in [3.05, 3.63) is 24.3 Å². The largest absolute Gasteiger partial charge is 0.573 e. The highest BCUT2D eigenvalue weighted by Gasteiger charge is 2.56. The highest BCUT2D eigenvalue weighted by molar-refractivity contribution is 7.89. The molecule has 154 valence electrons. The number of nitrogens with zero attached hydrogens (tertiary/aromatic N) is 3. The maximum absolute atomic E-state index is 12.8. The molecule has 0 aromatic heterocycles. The molecule has 2 fully saturated rings. The summed E-state index contributed by atoms with van der Waals surface area (Å²) in [4.78, 5) is 26.7. The SMILES string of the molecule is CN1C(=O)N(C)C2(CCN(S(=O)(=O)c3ccc(OC(F)(F)F)cc3)CC2)C1=O. The van der Waals surface area contributed by atoms with Gasteiger partial charge in [-0.25, -0.2) is 13.2 Å². The molecule has 2 aliphatic heterocycles. The van der Waals surface area contributed by atoms with E-state index >= 15 is 0 Å². The first kappa shape index (κ1) is 20.4. The van der Waals surface area contributed by atoms with Crippen LogP contribution in [0.25, 0.3) is 0 Å². The smallest absolute Gasteiger partial charge is 0.406 e. The summed E-state index contributed by atoms with van der Waals surface area (Å²) in [6, 6.07) is 3.47.